The van der Waals surface area contributed by atoms with Crippen LogP contribution in [0.1, 0.15) is 55.0 Å². The molecule has 0 fully saturated rings. The summed E-state index contributed by atoms with van der Waals surface area (Å²) in [5.41, 5.74) is 6.07. The van der Waals surface area contributed by atoms with Crippen molar-refractivity contribution in [1.29, 1.82) is 0 Å². The molecule has 3 amide bonds. The fraction of sp³-hybridized carbons (Fsp3) is 0.304. The molecule has 0 unspecified atom stereocenters. The van der Waals surface area contributed by atoms with Gasteiger partial charge in [0.05, 0.1) is 11.6 Å². The normalized spacial score (nSPS) is 16.6. The minimum atomic E-state index is -0.499. The van der Waals surface area contributed by atoms with E-state index in [0.717, 1.165) is 22.4 Å². The van der Waals surface area contributed by atoms with Crippen molar-refractivity contribution in [3.05, 3.63) is 76.0 Å². The second-order valence-electron chi connectivity index (χ2n) is 7.66. The molecule has 2 aromatic carbocycles. The zero-order valence-electron chi connectivity index (χ0n) is 17.0. The van der Waals surface area contributed by atoms with Crippen LogP contribution in [0.4, 0.5) is 10.5 Å². The maximum Gasteiger partial charge on any atom is 0.319 e. The highest BCUT2D eigenvalue weighted by Gasteiger charge is 2.31. The van der Waals surface area contributed by atoms with E-state index in [1.54, 1.807) is 6.92 Å². The summed E-state index contributed by atoms with van der Waals surface area (Å²) < 4.78 is 0. The quantitative estimate of drug-likeness (QED) is 0.723. The molecule has 3 rings (SSSR count). The number of carbonyl (C=O) groups is 2. The van der Waals surface area contributed by atoms with Crippen LogP contribution in [0.25, 0.3) is 0 Å². The lowest BCUT2D eigenvalue weighted by Gasteiger charge is -2.29. The Morgan fingerprint density at radius 3 is 2.32 bits per heavy atom. The third-order valence-corrected chi connectivity index (χ3v) is 5.08. The van der Waals surface area contributed by atoms with Gasteiger partial charge in [-0.15, -0.1) is 0 Å². The van der Waals surface area contributed by atoms with E-state index in [4.69, 9.17) is 0 Å². The van der Waals surface area contributed by atoms with Gasteiger partial charge in [0.25, 0.3) is 5.91 Å². The van der Waals surface area contributed by atoms with Gasteiger partial charge >= 0.3 is 6.03 Å². The van der Waals surface area contributed by atoms with E-state index in [0.29, 0.717) is 17.2 Å². The Hall–Kier alpha value is -3.08. The zero-order valence-corrected chi connectivity index (χ0v) is 17.0. The van der Waals surface area contributed by atoms with Gasteiger partial charge in [-0.1, -0.05) is 55.8 Å². The molecule has 2 aromatic rings. The van der Waals surface area contributed by atoms with Gasteiger partial charge in [-0.2, -0.15) is 0 Å². The molecule has 1 aliphatic rings. The molecule has 0 saturated heterocycles. The molecule has 0 bridgehead atoms. The minimum Gasteiger partial charge on any atom is -0.327 e. The summed E-state index contributed by atoms with van der Waals surface area (Å²) in [6.45, 7) is 10.0. The van der Waals surface area contributed by atoms with Gasteiger partial charge in [0, 0.05) is 11.4 Å². The second kappa shape index (κ2) is 7.89. The number of anilines is 1. The van der Waals surface area contributed by atoms with Crippen LogP contribution < -0.4 is 16.0 Å². The van der Waals surface area contributed by atoms with Crippen LogP contribution in [0, 0.1) is 13.8 Å². The van der Waals surface area contributed by atoms with Crippen molar-refractivity contribution < 1.29 is 9.59 Å². The van der Waals surface area contributed by atoms with Crippen molar-refractivity contribution in [1.82, 2.24) is 10.6 Å². The predicted octanol–water partition coefficient (Wildman–Crippen LogP) is 4.69. The maximum absolute atomic E-state index is 13.1. The summed E-state index contributed by atoms with van der Waals surface area (Å²) >= 11 is 0. The molecule has 0 saturated carbocycles. The van der Waals surface area contributed by atoms with E-state index in [9.17, 15) is 9.59 Å². The Balaban J connectivity index is 1.93. The Labute approximate surface area is 166 Å². The van der Waals surface area contributed by atoms with E-state index in [1.807, 2.05) is 56.3 Å². The van der Waals surface area contributed by atoms with Crippen molar-refractivity contribution in [2.45, 2.75) is 46.6 Å². The maximum atomic E-state index is 13.1. The van der Waals surface area contributed by atoms with Gasteiger partial charge in [0.15, 0.2) is 0 Å². The molecular formula is C23H27N3O2. The average Bonchev–Trinajstić information content (AvgIpc) is 2.63. The Bertz CT molecular complexity index is 943. The number of nitrogens with one attached hydrogen (secondary N) is 3. The zero-order chi connectivity index (χ0) is 20.4. The number of urea groups is 1. The topological polar surface area (TPSA) is 70.2 Å². The summed E-state index contributed by atoms with van der Waals surface area (Å²) in [6, 6.07) is 13.1. The molecule has 0 aliphatic carbocycles. The van der Waals surface area contributed by atoms with Gasteiger partial charge in [0.1, 0.15) is 0 Å². The first kappa shape index (κ1) is 19.7. The van der Waals surface area contributed by atoms with Gasteiger partial charge < -0.3 is 16.0 Å². The highest BCUT2D eigenvalue weighted by molar-refractivity contribution is 6.07. The summed E-state index contributed by atoms with van der Waals surface area (Å²) in [5, 5.41) is 8.59. The molecule has 1 aliphatic heterocycles. The van der Waals surface area contributed by atoms with Crippen LogP contribution >= 0.6 is 0 Å². The number of hydrogen-bond donors (Lipinski definition) is 3. The average molecular weight is 377 g/mol. The van der Waals surface area contributed by atoms with Crippen LogP contribution in [-0.4, -0.2) is 11.9 Å². The molecule has 1 atom stereocenters. The van der Waals surface area contributed by atoms with Crippen LogP contribution in [0.2, 0.25) is 0 Å². The monoisotopic (exact) mass is 377 g/mol. The van der Waals surface area contributed by atoms with E-state index in [-0.39, 0.29) is 11.9 Å². The fourth-order valence-electron chi connectivity index (χ4n) is 3.46. The second-order valence-corrected chi connectivity index (χ2v) is 7.66. The Morgan fingerprint density at radius 2 is 1.71 bits per heavy atom. The number of hydrogen-bond acceptors (Lipinski definition) is 2. The number of rotatable bonds is 4. The Kier molecular flexibility index (Phi) is 5.54. The summed E-state index contributed by atoms with van der Waals surface area (Å²) in [6.07, 6.45) is 0. The van der Waals surface area contributed by atoms with Gasteiger partial charge in [-0.3, -0.25) is 4.79 Å². The predicted molar refractivity (Wildman–Crippen MR) is 112 cm³/mol. The number of carbonyl (C=O) groups excluding carboxylic acids is 2. The summed E-state index contributed by atoms with van der Waals surface area (Å²) in [5.74, 6) is 0.191. The van der Waals surface area contributed by atoms with Crippen molar-refractivity contribution in [3.8, 4) is 0 Å². The summed E-state index contributed by atoms with van der Waals surface area (Å²) in [7, 11) is 0. The van der Waals surface area contributed by atoms with Crippen molar-refractivity contribution in [2.24, 2.45) is 0 Å². The molecule has 0 spiro atoms. The fourth-order valence-corrected chi connectivity index (χ4v) is 3.46. The van der Waals surface area contributed by atoms with Crippen LogP contribution in [0.15, 0.2) is 53.7 Å². The minimum absolute atomic E-state index is 0.227. The smallest absolute Gasteiger partial charge is 0.319 e. The lowest BCUT2D eigenvalue weighted by atomic mass is 9.92. The van der Waals surface area contributed by atoms with Crippen LogP contribution in [-0.2, 0) is 4.79 Å². The number of aryl methyl sites for hydroxylation is 2. The lowest BCUT2D eigenvalue weighted by molar-refractivity contribution is -0.113. The third-order valence-electron chi connectivity index (χ3n) is 5.08. The van der Waals surface area contributed by atoms with Gasteiger partial charge in [0.2, 0.25) is 0 Å². The number of benzene rings is 2. The van der Waals surface area contributed by atoms with E-state index in [1.165, 1.54) is 5.56 Å². The first-order valence-electron chi connectivity index (χ1n) is 9.53. The number of allylic oxidation sites excluding steroid dienone is 1. The molecule has 5 nitrogen and oxygen atoms in total. The van der Waals surface area contributed by atoms with Crippen molar-refractivity contribution in [2.75, 3.05) is 5.32 Å². The largest absolute Gasteiger partial charge is 0.327 e. The van der Waals surface area contributed by atoms with Crippen LogP contribution in [0.3, 0.4) is 0 Å². The molecular weight excluding hydrogens is 350 g/mol. The van der Waals surface area contributed by atoms with Crippen LogP contribution in [0.5, 0.6) is 0 Å². The molecule has 1 heterocycles. The van der Waals surface area contributed by atoms with E-state index < -0.39 is 6.04 Å². The van der Waals surface area contributed by atoms with Gasteiger partial charge in [-0.25, -0.2) is 4.79 Å². The molecule has 0 aromatic heterocycles. The Morgan fingerprint density at radius 1 is 1.04 bits per heavy atom. The molecule has 28 heavy (non-hydrogen) atoms. The highest BCUT2D eigenvalue weighted by Crippen LogP contribution is 2.29. The SMILES string of the molecule is CC1=C(C(=O)Nc2ccc(C)cc2C)[C@@H](c2ccc(C(C)C)cc2)NC(=O)N1. The molecule has 3 N–H and O–H groups in total. The summed E-state index contributed by atoms with van der Waals surface area (Å²) in [4.78, 5) is 25.2. The molecule has 146 valence electrons. The third kappa shape index (κ3) is 4.09. The standard InChI is InChI=1S/C23H27N3O2/c1-13(2)17-7-9-18(10-8-17)21-20(16(5)24-23(28)26-21)22(27)25-19-11-6-14(3)12-15(19)4/h6-13,21H,1-5H3,(H,25,27)(H2,24,26,28)/t21-/m1/s1. The first-order valence-corrected chi connectivity index (χ1v) is 9.53. The number of amides is 3. The highest BCUT2D eigenvalue weighted by atomic mass is 16.2. The first-order chi connectivity index (χ1) is 13.3. The van der Waals surface area contributed by atoms with Crippen molar-refractivity contribution in [3.63, 3.8) is 0 Å². The molecule has 5 heteroatoms. The van der Waals surface area contributed by atoms with Crippen molar-refractivity contribution >= 4 is 17.6 Å². The van der Waals surface area contributed by atoms with Gasteiger partial charge in [-0.05, 0) is 49.4 Å². The lowest BCUT2D eigenvalue weighted by Crippen LogP contribution is -2.46. The molecule has 0 radical (unpaired) electrons. The van der Waals surface area contributed by atoms with E-state index >= 15 is 0 Å². The van der Waals surface area contributed by atoms with E-state index in [2.05, 4.69) is 29.8 Å².